The van der Waals surface area contributed by atoms with Crippen LogP contribution >= 0.6 is 0 Å². The van der Waals surface area contributed by atoms with Crippen molar-refractivity contribution in [3.8, 4) is 11.5 Å². The van der Waals surface area contributed by atoms with Gasteiger partial charge < -0.3 is 15.3 Å². The topological polar surface area (TPSA) is 89.8 Å². The first kappa shape index (κ1) is 11.7. The molecule has 0 bridgehead atoms. The van der Waals surface area contributed by atoms with E-state index in [1.54, 1.807) is 0 Å². The fraction of sp³-hybridized carbons (Fsp3) is 0.417. The lowest BCUT2D eigenvalue weighted by Gasteiger charge is -2.37. The van der Waals surface area contributed by atoms with E-state index in [0.717, 1.165) is 11.1 Å². The van der Waals surface area contributed by atoms with E-state index in [9.17, 15) is 15.0 Å². The second-order valence-electron chi connectivity index (χ2n) is 4.86. The van der Waals surface area contributed by atoms with Crippen LogP contribution in [0.3, 0.4) is 0 Å². The Hall–Kier alpha value is -1.75. The van der Waals surface area contributed by atoms with Crippen LogP contribution in [0.25, 0.3) is 0 Å². The van der Waals surface area contributed by atoms with Crippen LogP contribution in [-0.2, 0) is 16.8 Å². The lowest BCUT2D eigenvalue weighted by Crippen LogP contribution is -2.52. The van der Waals surface area contributed by atoms with Gasteiger partial charge in [0.2, 0.25) is 0 Å². The lowest BCUT2D eigenvalue weighted by molar-refractivity contribution is -0.140. The average Bonchev–Trinajstić information content (AvgIpc) is 2.20. The quantitative estimate of drug-likeness (QED) is 0.546. The highest BCUT2D eigenvalue weighted by molar-refractivity contribution is 5.75. The first-order valence-electron chi connectivity index (χ1n) is 5.37. The summed E-state index contributed by atoms with van der Waals surface area (Å²) in [6, 6.07) is 2.24. The Morgan fingerprint density at radius 2 is 1.94 bits per heavy atom. The zero-order valence-corrected chi connectivity index (χ0v) is 9.69. The number of phenols is 2. The molecule has 0 saturated carbocycles. The van der Waals surface area contributed by atoms with Crippen molar-refractivity contribution in [1.82, 2.24) is 5.32 Å². The SMILES string of the molecule is CC1(C)N[C@@H](C(=O)O)Cc2cc(O)c(O)cc21. The van der Waals surface area contributed by atoms with E-state index in [-0.39, 0.29) is 11.5 Å². The smallest absolute Gasteiger partial charge is 0.321 e. The number of phenolic OH excluding ortho intramolecular Hbond substituents is 2. The number of hydrogen-bond donors (Lipinski definition) is 4. The van der Waals surface area contributed by atoms with Gasteiger partial charge in [0, 0.05) is 5.54 Å². The van der Waals surface area contributed by atoms with E-state index in [1.807, 2.05) is 13.8 Å². The molecule has 17 heavy (non-hydrogen) atoms. The van der Waals surface area contributed by atoms with Gasteiger partial charge in [0.05, 0.1) is 0 Å². The Morgan fingerprint density at radius 1 is 1.35 bits per heavy atom. The van der Waals surface area contributed by atoms with E-state index >= 15 is 0 Å². The summed E-state index contributed by atoms with van der Waals surface area (Å²) in [4.78, 5) is 11.0. The molecule has 1 aromatic carbocycles. The van der Waals surface area contributed by atoms with Crippen molar-refractivity contribution in [2.45, 2.75) is 31.8 Å². The molecule has 5 nitrogen and oxygen atoms in total. The molecule has 1 aliphatic rings. The minimum atomic E-state index is -0.920. The predicted molar refractivity (Wildman–Crippen MR) is 61.1 cm³/mol. The largest absolute Gasteiger partial charge is 0.504 e. The zero-order chi connectivity index (χ0) is 12.8. The van der Waals surface area contributed by atoms with Crippen LogP contribution < -0.4 is 5.32 Å². The average molecular weight is 237 g/mol. The van der Waals surface area contributed by atoms with Gasteiger partial charge >= 0.3 is 5.97 Å². The molecule has 5 heteroatoms. The van der Waals surface area contributed by atoms with Gasteiger partial charge in [0.25, 0.3) is 0 Å². The highest BCUT2D eigenvalue weighted by atomic mass is 16.4. The van der Waals surface area contributed by atoms with Crippen molar-refractivity contribution in [2.24, 2.45) is 0 Å². The van der Waals surface area contributed by atoms with E-state index in [0.29, 0.717) is 6.42 Å². The van der Waals surface area contributed by atoms with E-state index < -0.39 is 17.6 Å². The number of carboxylic acid groups (broad SMARTS) is 1. The number of aliphatic carboxylic acids is 1. The molecule has 0 amide bonds. The number of benzene rings is 1. The predicted octanol–water partition coefficient (Wildman–Crippen LogP) is 0.932. The van der Waals surface area contributed by atoms with Gasteiger partial charge in [-0.05, 0) is 43.5 Å². The van der Waals surface area contributed by atoms with Crippen LogP contribution in [0.5, 0.6) is 11.5 Å². The Labute approximate surface area is 98.7 Å². The summed E-state index contributed by atoms with van der Waals surface area (Å²) in [5.41, 5.74) is 1.00. The number of aromatic hydroxyl groups is 2. The van der Waals surface area contributed by atoms with Crippen LogP contribution in [0.2, 0.25) is 0 Å². The van der Waals surface area contributed by atoms with Crippen LogP contribution in [0.4, 0.5) is 0 Å². The number of rotatable bonds is 1. The maximum Gasteiger partial charge on any atom is 0.321 e. The van der Waals surface area contributed by atoms with Gasteiger partial charge in [-0.3, -0.25) is 10.1 Å². The summed E-state index contributed by atoms with van der Waals surface area (Å²) in [6.45, 7) is 3.69. The van der Waals surface area contributed by atoms with Crippen molar-refractivity contribution in [3.05, 3.63) is 23.3 Å². The Morgan fingerprint density at radius 3 is 2.53 bits per heavy atom. The Balaban J connectivity index is 2.52. The van der Waals surface area contributed by atoms with Crippen molar-refractivity contribution in [2.75, 3.05) is 0 Å². The normalized spacial score (nSPS) is 21.9. The maximum atomic E-state index is 11.0. The number of fused-ring (bicyclic) bond motifs is 1. The third-order valence-corrected chi connectivity index (χ3v) is 3.13. The van der Waals surface area contributed by atoms with E-state index in [2.05, 4.69) is 5.32 Å². The van der Waals surface area contributed by atoms with Crippen LogP contribution in [0.15, 0.2) is 12.1 Å². The molecular formula is C12H15NO4. The highest BCUT2D eigenvalue weighted by Crippen LogP contribution is 2.37. The van der Waals surface area contributed by atoms with Gasteiger partial charge in [-0.2, -0.15) is 0 Å². The fourth-order valence-electron chi connectivity index (χ4n) is 2.30. The molecule has 0 aliphatic carbocycles. The summed E-state index contributed by atoms with van der Waals surface area (Å²) in [7, 11) is 0. The maximum absolute atomic E-state index is 11.0. The fourth-order valence-corrected chi connectivity index (χ4v) is 2.30. The molecule has 2 rings (SSSR count). The number of hydrogen-bond acceptors (Lipinski definition) is 4. The molecule has 0 aromatic heterocycles. The van der Waals surface area contributed by atoms with Gasteiger partial charge in [-0.15, -0.1) is 0 Å². The minimum Gasteiger partial charge on any atom is -0.504 e. The van der Waals surface area contributed by atoms with Gasteiger partial charge in [-0.25, -0.2) is 0 Å². The molecule has 0 spiro atoms. The standard InChI is InChI=1S/C12H15NO4/c1-12(2)7-5-10(15)9(14)4-6(7)3-8(13-12)11(16)17/h4-5,8,13-15H,3H2,1-2H3,(H,16,17)/t8-/m1/s1. The minimum absolute atomic E-state index is 0.188. The Kier molecular flexibility index (Phi) is 2.50. The second-order valence-corrected chi connectivity index (χ2v) is 4.86. The molecular weight excluding hydrogens is 222 g/mol. The number of carbonyl (C=O) groups is 1. The molecule has 1 atom stereocenters. The molecule has 0 unspecified atom stereocenters. The summed E-state index contributed by atoms with van der Waals surface area (Å²) >= 11 is 0. The third kappa shape index (κ3) is 1.93. The third-order valence-electron chi connectivity index (χ3n) is 3.13. The summed E-state index contributed by atoms with van der Waals surface area (Å²) < 4.78 is 0. The summed E-state index contributed by atoms with van der Waals surface area (Å²) in [6.07, 6.45) is 0.294. The second kappa shape index (κ2) is 3.63. The zero-order valence-electron chi connectivity index (χ0n) is 9.69. The van der Waals surface area contributed by atoms with Gasteiger partial charge in [0.1, 0.15) is 6.04 Å². The monoisotopic (exact) mass is 237 g/mol. The lowest BCUT2D eigenvalue weighted by atomic mass is 9.82. The number of nitrogens with one attached hydrogen (secondary N) is 1. The van der Waals surface area contributed by atoms with Crippen LogP contribution in [-0.4, -0.2) is 27.3 Å². The van der Waals surface area contributed by atoms with Crippen molar-refractivity contribution < 1.29 is 20.1 Å². The summed E-state index contributed by atoms with van der Waals surface area (Å²) in [5.74, 6) is -1.32. The van der Waals surface area contributed by atoms with Crippen LogP contribution in [0, 0.1) is 0 Å². The van der Waals surface area contributed by atoms with Crippen molar-refractivity contribution in [1.29, 1.82) is 0 Å². The first-order valence-corrected chi connectivity index (χ1v) is 5.37. The molecule has 92 valence electrons. The highest BCUT2D eigenvalue weighted by Gasteiger charge is 2.36. The first-order chi connectivity index (χ1) is 7.81. The molecule has 0 radical (unpaired) electrons. The van der Waals surface area contributed by atoms with E-state index in [1.165, 1.54) is 12.1 Å². The van der Waals surface area contributed by atoms with E-state index in [4.69, 9.17) is 5.11 Å². The van der Waals surface area contributed by atoms with Gasteiger partial charge in [-0.1, -0.05) is 0 Å². The molecule has 4 N–H and O–H groups in total. The number of carboxylic acids is 1. The van der Waals surface area contributed by atoms with Gasteiger partial charge in [0.15, 0.2) is 11.5 Å². The molecule has 0 saturated heterocycles. The molecule has 0 fully saturated rings. The summed E-state index contributed by atoms with van der Waals surface area (Å²) in [5, 5.41) is 31.0. The molecule has 1 aliphatic heterocycles. The van der Waals surface area contributed by atoms with Crippen molar-refractivity contribution in [3.63, 3.8) is 0 Å². The van der Waals surface area contributed by atoms with Crippen molar-refractivity contribution >= 4 is 5.97 Å². The molecule has 1 heterocycles. The molecule has 1 aromatic rings. The Bertz CT molecular complexity index is 482. The van der Waals surface area contributed by atoms with Crippen LogP contribution in [0.1, 0.15) is 25.0 Å².